The summed E-state index contributed by atoms with van der Waals surface area (Å²) in [4.78, 5) is 26.4. The molecule has 8 heteroatoms. The Morgan fingerprint density at radius 3 is 2.93 bits per heavy atom. The fraction of sp³-hybridized carbons (Fsp3) is 0.300. The number of anilines is 2. The molecule has 0 saturated heterocycles. The van der Waals surface area contributed by atoms with E-state index in [9.17, 15) is 9.59 Å². The fourth-order valence-electron chi connectivity index (χ4n) is 3.30. The Bertz CT molecular complexity index is 1010. The Hall–Kier alpha value is -3.42. The molecule has 0 atom stereocenters. The van der Waals surface area contributed by atoms with E-state index in [1.807, 2.05) is 41.9 Å². The number of hydrogen-bond acceptors (Lipinski definition) is 5. The van der Waals surface area contributed by atoms with E-state index in [2.05, 4.69) is 15.6 Å². The average Bonchev–Trinajstić information content (AvgIpc) is 3.35. The molecule has 1 aliphatic rings. The highest BCUT2D eigenvalue weighted by atomic mass is 16.5. The molecule has 28 heavy (non-hydrogen) atoms. The number of nitrogens with zero attached hydrogens (tertiary/aromatic N) is 4. The molecule has 3 aromatic rings. The molecule has 0 spiro atoms. The van der Waals surface area contributed by atoms with Gasteiger partial charge in [-0.25, -0.2) is 4.68 Å². The van der Waals surface area contributed by atoms with Gasteiger partial charge in [-0.05, 0) is 19.4 Å². The molecule has 0 bridgehead atoms. The van der Waals surface area contributed by atoms with Crippen LogP contribution in [0.1, 0.15) is 24.8 Å². The number of aryl methyl sites for hydroxylation is 2. The van der Waals surface area contributed by atoms with Gasteiger partial charge in [-0.15, -0.1) is 0 Å². The standard InChI is InChI=1S/C20H21N5O3/c1-14-4-2-5-15(12-14)16-13-18(28-23-16)22-17(26)6-7-20(27)24-10-3-11-25-19(24)8-9-21-25/h2,4-5,8-9,12-13H,3,6-7,10-11H2,1H3,(H,22,26). The number of fused-ring (bicyclic) bond motifs is 1. The maximum absolute atomic E-state index is 12.5. The van der Waals surface area contributed by atoms with Gasteiger partial charge in [0.25, 0.3) is 0 Å². The number of rotatable bonds is 5. The summed E-state index contributed by atoms with van der Waals surface area (Å²) in [5, 5.41) is 10.9. The quantitative estimate of drug-likeness (QED) is 0.735. The SMILES string of the molecule is Cc1cccc(-c2cc(NC(=O)CCC(=O)N3CCCn4nccc43)on2)c1. The van der Waals surface area contributed by atoms with E-state index in [4.69, 9.17) is 4.52 Å². The molecule has 144 valence electrons. The van der Waals surface area contributed by atoms with Gasteiger partial charge in [-0.1, -0.05) is 28.9 Å². The lowest BCUT2D eigenvalue weighted by Crippen LogP contribution is -2.37. The minimum Gasteiger partial charge on any atom is -0.338 e. The second kappa shape index (κ2) is 7.67. The summed E-state index contributed by atoms with van der Waals surface area (Å²) in [6.07, 6.45) is 2.73. The van der Waals surface area contributed by atoms with Crippen LogP contribution in [0, 0.1) is 6.92 Å². The summed E-state index contributed by atoms with van der Waals surface area (Å²) in [5.41, 5.74) is 2.68. The molecule has 3 heterocycles. The highest BCUT2D eigenvalue weighted by molar-refractivity contribution is 5.97. The third-order valence-electron chi connectivity index (χ3n) is 4.68. The molecular weight excluding hydrogens is 358 g/mol. The third-order valence-corrected chi connectivity index (χ3v) is 4.68. The van der Waals surface area contributed by atoms with Crippen LogP contribution in [0.25, 0.3) is 11.3 Å². The third kappa shape index (κ3) is 3.80. The van der Waals surface area contributed by atoms with Crippen molar-refractivity contribution in [3.63, 3.8) is 0 Å². The molecular formula is C20H21N5O3. The maximum Gasteiger partial charge on any atom is 0.231 e. The molecule has 0 unspecified atom stereocenters. The van der Waals surface area contributed by atoms with Crippen LogP contribution >= 0.6 is 0 Å². The highest BCUT2D eigenvalue weighted by Gasteiger charge is 2.23. The van der Waals surface area contributed by atoms with Gasteiger partial charge in [0.1, 0.15) is 11.5 Å². The summed E-state index contributed by atoms with van der Waals surface area (Å²) >= 11 is 0. The van der Waals surface area contributed by atoms with Gasteiger partial charge in [-0.2, -0.15) is 5.10 Å². The largest absolute Gasteiger partial charge is 0.338 e. The molecule has 0 fully saturated rings. The first-order valence-corrected chi connectivity index (χ1v) is 9.26. The Morgan fingerprint density at radius 1 is 1.18 bits per heavy atom. The first-order chi connectivity index (χ1) is 13.6. The molecule has 1 aliphatic heterocycles. The van der Waals surface area contributed by atoms with Crippen molar-refractivity contribution in [1.82, 2.24) is 14.9 Å². The fourth-order valence-corrected chi connectivity index (χ4v) is 3.30. The van der Waals surface area contributed by atoms with Gasteiger partial charge < -0.3 is 4.52 Å². The van der Waals surface area contributed by atoms with Crippen LogP contribution in [0.15, 0.2) is 47.1 Å². The zero-order valence-electron chi connectivity index (χ0n) is 15.6. The molecule has 1 N–H and O–H groups in total. The molecule has 0 saturated carbocycles. The van der Waals surface area contributed by atoms with Crippen molar-refractivity contribution >= 4 is 23.5 Å². The number of carbonyl (C=O) groups excluding carboxylic acids is 2. The van der Waals surface area contributed by atoms with Gasteiger partial charge in [0.2, 0.25) is 17.7 Å². The van der Waals surface area contributed by atoms with Gasteiger partial charge in [0.15, 0.2) is 0 Å². The number of carbonyl (C=O) groups is 2. The molecule has 4 rings (SSSR count). The predicted octanol–water partition coefficient (Wildman–Crippen LogP) is 3.00. The van der Waals surface area contributed by atoms with Gasteiger partial charge in [0.05, 0.1) is 6.20 Å². The van der Waals surface area contributed by atoms with Crippen molar-refractivity contribution in [3.8, 4) is 11.3 Å². The van der Waals surface area contributed by atoms with Gasteiger partial charge >= 0.3 is 0 Å². The molecule has 2 aromatic heterocycles. The number of benzene rings is 1. The first-order valence-electron chi connectivity index (χ1n) is 9.26. The lowest BCUT2D eigenvalue weighted by molar-refractivity contribution is -0.122. The zero-order chi connectivity index (χ0) is 19.5. The monoisotopic (exact) mass is 379 g/mol. The lowest BCUT2D eigenvalue weighted by Gasteiger charge is -2.27. The molecule has 1 aromatic carbocycles. The van der Waals surface area contributed by atoms with Gasteiger partial charge in [-0.3, -0.25) is 19.8 Å². The number of aromatic nitrogens is 3. The van der Waals surface area contributed by atoms with Crippen molar-refractivity contribution in [1.29, 1.82) is 0 Å². The minimum absolute atomic E-state index is 0.0734. The molecule has 0 aliphatic carbocycles. The smallest absolute Gasteiger partial charge is 0.231 e. The summed E-state index contributed by atoms with van der Waals surface area (Å²) < 4.78 is 7.01. The lowest BCUT2D eigenvalue weighted by atomic mass is 10.1. The Balaban J connectivity index is 1.33. The van der Waals surface area contributed by atoms with Gasteiger partial charge in [0, 0.05) is 43.6 Å². The summed E-state index contributed by atoms with van der Waals surface area (Å²) in [6.45, 7) is 3.45. The Kier molecular flexibility index (Phi) is 4.92. The molecule has 2 amide bonds. The normalized spacial score (nSPS) is 13.2. The Morgan fingerprint density at radius 2 is 2.07 bits per heavy atom. The van der Waals surface area contributed by atoms with E-state index >= 15 is 0 Å². The van der Waals surface area contributed by atoms with E-state index in [0.717, 1.165) is 29.9 Å². The second-order valence-corrected chi connectivity index (χ2v) is 6.81. The minimum atomic E-state index is -0.286. The van der Waals surface area contributed by atoms with Crippen molar-refractivity contribution in [2.45, 2.75) is 32.7 Å². The number of nitrogens with one attached hydrogen (secondary N) is 1. The Labute approximate surface area is 162 Å². The second-order valence-electron chi connectivity index (χ2n) is 6.81. The van der Waals surface area contributed by atoms with Crippen LogP contribution in [0.5, 0.6) is 0 Å². The molecule has 8 nitrogen and oxygen atoms in total. The summed E-state index contributed by atoms with van der Waals surface area (Å²) in [5.74, 6) is 0.681. The summed E-state index contributed by atoms with van der Waals surface area (Å²) in [6, 6.07) is 11.4. The van der Waals surface area contributed by atoms with E-state index in [0.29, 0.717) is 12.2 Å². The van der Waals surface area contributed by atoms with E-state index in [1.165, 1.54) is 0 Å². The van der Waals surface area contributed by atoms with Crippen LogP contribution in [0.3, 0.4) is 0 Å². The average molecular weight is 379 g/mol. The summed E-state index contributed by atoms with van der Waals surface area (Å²) in [7, 11) is 0. The number of amides is 2. The number of hydrogen-bond donors (Lipinski definition) is 1. The topological polar surface area (TPSA) is 93.3 Å². The van der Waals surface area contributed by atoms with E-state index in [-0.39, 0.29) is 30.5 Å². The van der Waals surface area contributed by atoms with Crippen molar-refractivity contribution in [2.24, 2.45) is 0 Å². The molecule has 0 radical (unpaired) electrons. The highest BCUT2D eigenvalue weighted by Crippen LogP contribution is 2.23. The van der Waals surface area contributed by atoms with E-state index in [1.54, 1.807) is 17.2 Å². The van der Waals surface area contributed by atoms with Crippen molar-refractivity contribution < 1.29 is 14.1 Å². The first kappa shape index (κ1) is 18.0. The van der Waals surface area contributed by atoms with Crippen molar-refractivity contribution in [2.75, 3.05) is 16.8 Å². The van der Waals surface area contributed by atoms with E-state index < -0.39 is 0 Å². The van der Waals surface area contributed by atoms with Crippen LogP contribution < -0.4 is 10.2 Å². The zero-order valence-corrected chi connectivity index (χ0v) is 15.6. The van der Waals surface area contributed by atoms with Crippen LogP contribution in [-0.2, 0) is 16.1 Å². The van der Waals surface area contributed by atoms with Crippen LogP contribution in [-0.4, -0.2) is 33.3 Å². The predicted molar refractivity (Wildman–Crippen MR) is 104 cm³/mol. The van der Waals surface area contributed by atoms with Crippen molar-refractivity contribution in [3.05, 3.63) is 48.2 Å². The van der Waals surface area contributed by atoms with Crippen LogP contribution in [0.4, 0.5) is 11.7 Å². The van der Waals surface area contributed by atoms with Crippen LogP contribution in [0.2, 0.25) is 0 Å². The maximum atomic E-state index is 12.5.